The van der Waals surface area contributed by atoms with Gasteiger partial charge in [0.05, 0.1) is 12.5 Å². The van der Waals surface area contributed by atoms with Crippen molar-refractivity contribution in [2.45, 2.75) is 232 Å². The first-order valence-electron chi connectivity index (χ1n) is 20.3. The first-order chi connectivity index (χ1) is 22.0. The Kier molecular flexibility index (Phi) is 34.9. The van der Waals surface area contributed by atoms with E-state index in [1.165, 1.54) is 180 Å². The van der Waals surface area contributed by atoms with Gasteiger partial charge in [0.25, 0.3) is 0 Å². The first kappa shape index (κ1) is 43.9. The molecular weight excluding hydrogens is 556 g/mol. The van der Waals surface area contributed by atoms with E-state index in [-0.39, 0.29) is 12.3 Å². The van der Waals surface area contributed by atoms with Crippen molar-refractivity contribution in [1.29, 1.82) is 0 Å². The van der Waals surface area contributed by atoms with Gasteiger partial charge in [-0.1, -0.05) is 206 Å². The number of amides is 1. The highest BCUT2D eigenvalue weighted by atomic mass is 16.4. The van der Waals surface area contributed by atoms with E-state index in [1.54, 1.807) is 0 Å². The third kappa shape index (κ3) is 32.6. The van der Waals surface area contributed by atoms with Crippen LogP contribution in [0.2, 0.25) is 0 Å². The van der Waals surface area contributed by atoms with Gasteiger partial charge in [-0.2, -0.15) is 0 Å². The largest absolute Gasteiger partial charge is 0.481 e. The van der Waals surface area contributed by atoms with E-state index in [2.05, 4.69) is 13.8 Å². The van der Waals surface area contributed by atoms with Crippen LogP contribution in [-0.4, -0.2) is 41.0 Å². The molecule has 0 radical (unpaired) electrons. The molecule has 0 aromatic heterocycles. The predicted molar refractivity (Wildman–Crippen MR) is 196 cm³/mol. The molecule has 5 nitrogen and oxygen atoms in total. The summed E-state index contributed by atoms with van der Waals surface area (Å²) >= 11 is 0. The summed E-state index contributed by atoms with van der Waals surface area (Å²) in [6.07, 6.45) is 42.3. The molecule has 0 fully saturated rings. The number of carboxylic acids is 1. The minimum Gasteiger partial charge on any atom is -0.481 e. The van der Waals surface area contributed by atoms with Crippen LogP contribution in [0.15, 0.2) is 0 Å². The van der Waals surface area contributed by atoms with Gasteiger partial charge in [0, 0.05) is 13.1 Å². The third-order valence-corrected chi connectivity index (χ3v) is 9.59. The van der Waals surface area contributed by atoms with Gasteiger partial charge in [-0.3, -0.25) is 9.59 Å². The highest BCUT2D eigenvalue weighted by molar-refractivity contribution is 5.85. The van der Waals surface area contributed by atoms with Gasteiger partial charge in [-0.05, 0) is 12.8 Å². The van der Waals surface area contributed by atoms with Gasteiger partial charge in [0.1, 0.15) is 0 Å². The van der Waals surface area contributed by atoms with Gasteiger partial charge >= 0.3 is 5.97 Å². The maximum Gasteiger partial charge on any atom is 0.305 e. The molecule has 0 rings (SSSR count). The van der Waals surface area contributed by atoms with Gasteiger partial charge in [-0.25, -0.2) is 0 Å². The molecule has 1 amide bonds. The highest BCUT2D eigenvalue weighted by Gasteiger charge is 2.22. The zero-order valence-corrected chi connectivity index (χ0v) is 30.6. The molecule has 0 aliphatic carbocycles. The number of carbonyl (C=O) groups is 2. The van der Waals surface area contributed by atoms with Crippen LogP contribution in [0.25, 0.3) is 0 Å². The van der Waals surface area contributed by atoms with E-state index in [9.17, 15) is 9.59 Å². The Labute approximate surface area is 281 Å². The number of unbranched alkanes of at least 4 members (excludes halogenated alkanes) is 30. The molecule has 5 heteroatoms. The second kappa shape index (κ2) is 35.7. The summed E-state index contributed by atoms with van der Waals surface area (Å²) in [7, 11) is 0. The van der Waals surface area contributed by atoms with Crippen LogP contribution in [0.3, 0.4) is 0 Å². The van der Waals surface area contributed by atoms with Crippen molar-refractivity contribution in [2.75, 3.05) is 13.1 Å². The third-order valence-electron chi connectivity index (χ3n) is 9.59. The quantitative estimate of drug-likeness (QED) is 0.0664. The van der Waals surface area contributed by atoms with Crippen molar-refractivity contribution >= 4 is 11.9 Å². The Balaban J connectivity index is 3.87. The summed E-state index contributed by atoms with van der Waals surface area (Å²) in [5.41, 5.74) is 5.97. The average molecular weight is 637 g/mol. The molecule has 1 atom stereocenters. The van der Waals surface area contributed by atoms with Crippen LogP contribution in [0, 0.1) is 0 Å². The van der Waals surface area contributed by atoms with Crippen molar-refractivity contribution in [3.05, 3.63) is 0 Å². The minimum atomic E-state index is -0.999. The number of nitrogens with zero attached hydrogens (tertiary/aromatic N) is 1. The zero-order valence-electron chi connectivity index (χ0n) is 30.6. The molecule has 0 saturated heterocycles. The lowest BCUT2D eigenvalue weighted by molar-refractivity contribution is -0.142. The fourth-order valence-electron chi connectivity index (χ4n) is 6.54. The average Bonchev–Trinajstić information content (AvgIpc) is 3.02. The highest BCUT2D eigenvalue weighted by Crippen LogP contribution is 2.16. The Bertz CT molecular complexity index is 591. The van der Waals surface area contributed by atoms with Crippen LogP contribution in [0.4, 0.5) is 0 Å². The van der Waals surface area contributed by atoms with Crippen molar-refractivity contribution in [1.82, 2.24) is 4.90 Å². The van der Waals surface area contributed by atoms with Crippen LogP contribution < -0.4 is 5.73 Å². The predicted octanol–water partition coefficient (Wildman–Crippen LogP) is 12.1. The summed E-state index contributed by atoms with van der Waals surface area (Å²) in [6.45, 7) is 5.98. The summed E-state index contributed by atoms with van der Waals surface area (Å²) in [4.78, 5) is 25.9. The van der Waals surface area contributed by atoms with E-state index in [1.807, 2.05) is 4.90 Å². The van der Waals surface area contributed by atoms with Gasteiger partial charge in [0.15, 0.2) is 0 Å². The number of hydrogen-bond acceptors (Lipinski definition) is 3. The molecule has 0 aliphatic rings. The Morgan fingerprint density at radius 1 is 0.444 bits per heavy atom. The lowest BCUT2D eigenvalue weighted by Gasteiger charge is -2.25. The van der Waals surface area contributed by atoms with Crippen molar-refractivity contribution in [3.8, 4) is 0 Å². The van der Waals surface area contributed by atoms with Crippen molar-refractivity contribution in [2.24, 2.45) is 5.73 Å². The summed E-state index contributed by atoms with van der Waals surface area (Å²) in [6, 6.07) is -0.926. The van der Waals surface area contributed by atoms with Crippen LogP contribution in [-0.2, 0) is 9.59 Å². The molecular formula is C40H80N2O3. The number of nitrogens with two attached hydrogens (primary N) is 1. The maximum atomic E-state index is 12.9. The van der Waals surface area contributed by atoms with Gasteiger partial charge in [0.2, 0.25) is 5.91 Å². The normalized spacial score (nSPS) is 12.1. The van der Waals surface area contributed by atoms with E-state index < -0.39 is 12.0 Å². The molecule has 3 N–H and O–H groups in total. The molecule has 0 aromatic rings. The Morgan fingerprint density at radius 3 is 0.889 bits per heavy atom. The molecule has 0 unspecified atom stereocenters. The number of hydrogen-bond donors (Lipinski definition) is 2. The first-order valence-corrected chi connectivity index (χ1v) is 20.3. The SMILES string of the molecule is CCCCCCCCCCCCCCCCCCN(CCCCCCCCCCCCCCCCCC)C(=O)[C@@H](N)CC(=O)O. The lowest BCUT2D eigenvalue weighted by Crippen LogP contribution is -2.45. The molecule has 0 aliphatic heterocycles. The zero-order chi connectivity index (χ0) is 33.1. The molecule has 0 aromatic carbocycles. The topological polar surface area (TPSA) is 83.6 Å². The molecule has 0 spiro atoms. The fourth-order valence-corrected chi connectivity index (χ4v) is 6.54. The van der Waals surface area contributed by atoms with E-state index >= 15 is 0 Å². The van der Waals surface area contributed by atoms with Gasteiger partial charge in [-0.15, -0.1) is 0 Å². The van der Waals surface area contributed by atoms with Crippen molar-refractivity contribution in [3.63, 3.8) is 0 Å². The van der Waals surface area contributed by atoms with Crippen LogP contribution >= 0.6 is 0 Å². The lowest BCUT2D eigenvalue weighted by atomic mass is 10.0. The number of carbonyl (C=O) groups excluding carboxylic acids is 1. The van der Waals surface area contributed by atoms with Crippen molar-refractivity contribution < 1.29 is 14.7 Å². The Hall–Kier alpha value is -1.10. The van der Waals surface area contributed by atoms with Crippen LogP contribution in [0.1, 0.15) is 226 Å². The van der Waals surface area contributed by atoms with E-state index in [0.29, 0.717) is 13.1 Å². The second-order valence-corrected chi connectivity index (χ2v) is 14.1. The molecule has 268 valence electrons. The summed E-state index contributed by atoms with van der Waals surface area (Å²) in [5, 5.41) is 9.11. The minimum absolute atomic E-state index is 0.181. The number of carboxylic acid groups (broad SMARTS) is 1. The van der Waals surface area contributed by atoms with Gasteiger partial charge < -0.3 is 15.7 Å². The molecule has 0 bridgehead atoms. The van der Waals surface area contributed by atoms with E-state index in [4.69, 9.17) is 10.8 Å². The number of rotatable bonds is 37. The maximum absolute atomic E-state index is 12.9. The molecule has 45 heavy (non-hydrogen) atoms. The standard InChI is InChI=1S/C40H80N2O3/c1-3-5-7-9-11-13-15-17-19-21-23-25-27-29-31-33-35-42(40(45)38(41)37-39(43)44)36-34-32-30-28-26-24-22-20-18-16-14-12-10-8-6-4-2/h38H,3-37,41H2,1-2H3,(H,43,44)/t38-/m0/s1. The Morgan fingerprint density at radius 2 is 0.667 bits per heavy atom. The molecule has 0 saturated carbocycles. The smallest absolute Gasteiger partial charge is 0.305 e. The summed E-state index contributed by atoms with van der Waals surface area (Å²) < 4.78 is 0. The summed E-state index contributed by atoms with van der Waals surface area (Å²) in [5.74, 6) is -1.18. The van der Waals surface area contributed by atoms with Crippen LogP contribution in [0.5, 0.6) is 0 Å². The molecule has 0 heterocycles. The van der Waals surface area contributed by atoms with E-state index in [0.717, 1.165) is 25.7 Å². The monoisotopic (exact) mass is 637 g/mol. The second-order valence-electron chi connectivity index (χ2n) is 14.1. The fraction of sp³-hybridized carbons (Fsp3) is 0.950. The number of aliphatic carboxylic acids is 1.